The number of nitrogens with two attached hydrogens (primary N) is 1. The van der Waals surface area contributed by atoms with Crippen LogP contribution >= 0.6 is 0 Å². The predicted octanol–water partition coefficient (Wildman–Crippen LogP) is 2.53. The minimum atomic E-state index is -0.505. The molecule has 112 valence electrons. The van der Waals surface area contributed by atoms with Gasteiger partial charge in [0.05, 0.1) is 0 Å². The van der Waals surface area contributed by atoms with Gasteiger partial charge in [-0.25, -0.2) is 4.39 Å². The summed E-state index contributed by atoms with van der Waals surface area (Å²) >= 11 is 0. The molecular formula is C15H23FN2O2. The van der Waals surface area contributed by atoms with Gasteiger partial charge in [0, 0.05) is 12.1 Å². The average molecular weight is 282 g/mol. The molecule has 0 spiro atoms. The van der Waals surface area contributed by atoms with Gasteiger partial charge in [0.25, 0.3) is 5.91 Å². The fourth-order valence-corrected chi connectivity index (χ4v) is 1.82. The van der Waals surface area contributed by atoms with Crippen molar-refractivity contribution in [3.8, 4) is 5.75 Å². The fraction of sp³-hybridized carbons (Fsp3) is 0.533. The zero-order valence-electron chi connectivity index (χ0n) is 12.3. The summed E-state index contributed by atoms with van der Waals surface area (Å²) in [4.78, 5) is 11.7. The van der Waals surface area contributed by atoms with Gasteiger partial charge in [-0.15, -0.1) is 0 Å². The highest BCUT2D eigenvalue weighted by molar-refractivity contribution is 5.77. The fourth-order valence-electron chi connectivity index (χ4n) is 1.82. The van der Waals surface area contributed by atoms with Gasteiger partial charge in [-0.1, -0.05) is 19.9 Å². The van der Waals surface area contributed by atoms with Crippen LogP contribution in [-0.4, -0.2) is 18.6 Å². The van der Waals surface area contributed by atoms with E-state index in [1.807, 2.05) is 13.8 Å². The van der Waals surface area contributed by atoms with Gasteiger partial charge in [0.2, 0.25) is 0 Å². The molecule has 0 bridgehead atoms. The normalized spacial score (nSPS) is 12.3. The second kappa shape index (κ2) is 7.85. The Labute approximate surface area is 119 Å². The Bertz CT molecular complexity index is 445. The van der Waals surface area contributed by atoms with Crippen LogP contribution in [0.5, 0.6) is 5.75 Å². The summed E-state index contributed by atoms with van der Waals surface area (Å²) < 4.78 is 18.9. The molecule has 5 heteroatoms. The van der Waals surface area contributed by atoms with Crippen molar-refractivity contribution in [1.82, 2.24) is 5.32 Å². The third-order valence-electron chi connectivity index (χ3n) is 3.19. The molecule has 0 saturated heterocycles. The highest BCUT2D eigenvalue weighted by Gasteiger charge is 2.11. The molecule has 0 saturated carbocycles. The Morgan fingerprint density at radius 1 is 1.40 bits per heavy atom. The Kier molecular flexibility index (Phi) is 6.45. The molecule has 1 rings (SSSR count). The number of carbonyl (C=O) groups excluding carboxylic acids is 1. The van der Waals surface area contributed by atoms with Crippen molar-refractivity contribution in [3.05, 3.63) is 29.6 Å². The van der Waals surface area contributed by atoms with Crippen molar-refractivity contribution in [2.45, 2.75) is 45.7 Å². The van der Waals surface area contributed by atoms with E-state index in [1.165, 1.54) is 12.1 Å². The van der Waals surface area contributed by atoms with Gasteiger partial charge in [0.1, 0.15) is 0 Å². The van der Waals surface area contributed by atoms with Gasteiger partial charge in [-0.05, 0) is 37.5 Å². The maximum atomic E-state index is 13.7. The highest BCUT2D eigenvalue weighted by Crippen LogP contribution is 2.21. The molecule has 1 aromatic carbocycles. The zero-order valence-corrected chi connectivity index (χ0v) is 12.3. The van der Waals surface area contributed by atoms with Gasteiger partial charge in [-0.3, -0.25) is 4.79 Å². The summed E-state index contributed by atoms with van der Waals surface area (Å²) in [6.07, 6.45) is 1.72. The van der Waals surface area contributed by atoms with Crippen molar-refractivity contribution < 1.29 is 13.9 Å². The first kappa shape index (κ1) is 16.4. The van der Waals surface area contributed by atoms with Crippen LogP contribution in [-0.2, 0) is 4.79 Å². The second-order valence-electron chi connectivity index (χ2n) is 4.85. The molecule has 0 aliphatic carbocycles. The first-order chi connectivity index (χ1) is 9.47. The largest absolute Gasteiger partial charge is 0.481 e. The summed E-state index contributed by atoms with van der Waals surface area (Å²) in [7, 11) is 0. The molecule has 0 aromatic heterocycles. The quantitative estimate of drug-likeness (QED) is 0.807. The second-order valence-corrected chi connectivity index (χ2v) is 4.85. The Hall–Kier alpha value is -1.62. The minimum absolute atomic E-state index is 0.0640. The smallest absolute Gasteiger partial charge is 0.258 e. The van der Waals surface area contributed by atoms with Gasteiger partial charge in [0.15, 0.2) is 18.2 Å². The molecule has 3 N–H and O–H groups in total. The van der Waals surface area contributed by atoms with E-state index in [9.17, 15) is 9.18 Å². The molecule has 0 heterocycles. The molecule has 0 aliphatic heterocycles. The van der Waals surface area contributed by atoms with E-state index >= 15 is 0 Å². The standard InChI is InChI=1S/C15H23FN2O2/c1-4-12(5-2)18-15(19)9-20-14-7-6-11(10(3)17)8-13(14)16/h6-8,10,12H,4-5,9,17H2,1-3H3,(H,18,19). The number of ether oxygens (including phenoxy) is 1. The van der Waals surface area contributed by atoms with Crippen LogP contribution < -0.4 is 15.8 Å². The lowest BCUT2D eigenvalue weighted by atomic mass is 10.1. The number of carbonyl (C=O) groups is 1. The number of amides is 1. The lowest BCUT2D eigenvalue weighted by Gasteiger charge is -2.15. The molecule has 0 aliphatic rings. The summed E-state index contributed by atoms with van der Waals surface area (Å²) in [5, 5.41) is 2.83. The summed E-state index contributed by atoms with van der Waals surface area (Å²) in [5.41, 5.74) is 6.36. The van der Waals surface area contributed by atoms with E-state index in [2.05, 4.69) is 5.32 Å². The highest BCUT2D eigenvalue weighted by atomic mass is 19.1. The van der Waals surface area contributed by atoms with Crippen molar-refractivity contribution in [1.29, 1.82) is 0 Å². The minimum Gasteiger partial charge on any atom is -0.481 e. The van der Waals surface area contributed by atoms with E-state index < -0.39 is 5.82 Å². The van der Waals surface area contributed by atoms with E-state index in [1.54, 1.807) is 13.0 Å². The molecule has 1 amide bonds. The number of nitrogens with one attached hydrogen (secondary N) is 1. The van der Waals surface area contributed by atoms with Crippen LogP contribution in [0, 0.1) is 5.82 Å². The monoisotopic (exact) mass is 282 g/mol. The number of hydrogen-bond acceptors (Lipinski definition) is 3. The Morgan fingerprint density at radius 2 is 2.05 bits per heavy atom. The Morgan fingerprint density at radius 3 is 2.55 bits per heavy atom. The predicted molar refractivity (Wildman–Crippen MR) is 77.0 cm³/mol. The zero-order chi connectivity index (χ0) is 15.1. The summed E-state index contributed by atoms with van der Waals surface area (Å²) in [5.74, 6) is -0.682. The molecule has 1 aromatic rings. The van der Waals surface area contributed by atoms with Crippen LogP contribution in [0.2, 0.25) is 0 Å². The van der Waals surface area contributed by atoms with Crippen molar-refractivity contribution in [2.24, 2.45) is 5.73 Å². The van der Waals surface area contributed by atoms with Crippen LogP contribution in [0.25, 0.3) is 0 Å². The molecule has 1 unspecified atom stereocenters. The Balaban J connectivity index is 2.55. The van der Waals surface area contributed by atoms with E-state index in [0.717, 1.165) is 12.8 Å². The summed E-state index contributed by atoms with van der Waals surface area (Å²) in [6.45, 7) is 5.59. The van der Waals surface area contributed by atoms with Crippen LogP contribution in [0.4, 0.5) is 4.39 Å². The lowest BCUT2D eigenvalue weighted by molar-refractivity contribution is -0.123. The third kappa shape index (κ3) is 4.81. The SMILES string of the molecule is CCC(CC)NC(=O)COc1ccc(C(C)N)cc1F. The van der Waals surface area contributed by atoms with Gasteiger partial charge < -0.3 is 15.8 Å². The topological polar surface area (TPSA) is 64.3 Å². The molecule has 20 heavy (non-hydrogen) atoms. The molecule has 4 nitrogen and oxygen atoms in total. The van der Waals surface area contributed by atoms with Crippen LogP contribution in [0.1, 0.15) is 45.2 Å². The van der Waals surface area contributed by atoms with E-state index in [0.29, 0.717) is 5.56 Å². The molecule has 1 atom stereocenters. The number of hydrogen-bond donors (Lipinski definition) is 2. The first-order valence-electron chi connectivity index (χ1n) is 6.95. The lowest BCUT2D eigenvalue weighted by Crippen LogP contribution is -2.37. The number of rotatable bonds is 7. The van der Waals surface area contributed by atoms with Crippen molar-refractivity contribution in [2.75, 3.05) is 6.61 Å². The van der Waals surface area contributed by atoms with E-state index in [-0.39, 0.29) is 30.3 Å². The first-order valence-corrected chi connectivity index (χ1v) is 6.95. The van der Waals surface area contributed by atoms with Crippen molar-refractivity contribution >= 4 is 5.91 Å². The maximum absolute atomic E-state index is 13.7. The molecule has 0 radical (unpaired) electrons. The number of halogens is 1. The number of benzene rings is 1. The third-order valence-corrected chi connectivity index (χ3v) is 3.19. The molecule has 0 fully saturated rings. The molecular weight excluding hydrogens is 259 g/mol. The summed E-state index contributed by atoms with van der Waals surface area (Å²) in [6, 6.07) is 4.42. The van der Waals surface area contributed by atoms with Crippen LogP contribution in [0.15, 0.2) is 18.2 Å². The van der Waals surface area contributed by atoms with Crippen molar-refractivity contribution in [3.63, 3.8) is 0 Å². The maximum Gasteiger partial charge on any atom is 0.258 e. The van der Waals surface area contributed by atoms with Gasteiger partial charge >= 0.3 is 0 Å². The van der Waals surface area contributed by atoms with Crippen LogP contribution in [0.3, 0.4) is 0 Å². The average Bonchev–Trinajstić information content (AvgIpc) is 2.43. The van der Waals surface area contributed by atoms with E-state index in [4.69, 9.17) is 10.5 Å². The van der Waals surface area contributed by atoms with Gasteiger partial charge in [-0.2, -0.15) is 0 Å².